The van der Waals surface area contributed by atoms with Crippen molar-refractivity contribution in [3.05, 3.63) is 122 Å². The molecule has 0 bridgehead atoms. The van der Waals surface area contributed by atoms with E-state index in [2.05, 4.69) is 51.0 Å². The highest BCUT2D eigenvalue weighted by atomic mass is 32.1. The van der Waals surface area contributed by atoms with Crippen LogP contribution < -0.4 is 16.0 Å². The molecule has 22 heteroatoms. The number of aromatic nitrogens is 4. The zero-order chi connectivity index (χ0) is 57.4. The number of fused-ring (bicyclic) bond motifs is 3. The Morgan fingerprint density at radius 2 is 1.50 bits per heavy atom. The summed E-state index contributed by atoms with van der Waals surface area (Å²) >= 11 is 3.18. The molecule has 0 aliphatic carbocycles. The van der Waals surface area contributed by atoms with Gasteiger partial charge in [-0.25, -0.2) is 4.98 Å². The van der Waals surface area contributed by atoms with Crippen molar-refractivity contribution in [3.63, 3.8) is 0 Å². The van der Waals surface area contributed by atoms with E-state index in [1.54, 1.807) is 61.1 Å². The minimum absolute atomic E-state index is 0.00834. The van der Waals surface area contributed by atoms with Crippen molar-refractivity contribution in [2.45, 2.75) is 98.5 Å². The van der Waals surface area contributed by atoms with E-state index in [9.17, 15) is 34.3 Å². The van der Waals surface area contributed by atoms with Gasteiger partial charge in [0.2, 0.25) is 23.6 Å². The number of carbonyl (C=O) groups is 5. The number of esters is 1. The summed E-state index contributed by atoms with van der Waals surface area (Å²) in [6.45, 7) is 14.9. The van der Waals surface area contributed by atoms with Crippen LogP contribution in [0.1, 0.15) is 103 Å². The molecule has 1 saturated heterocycles. The number of hydrogen-bond acceptors (Lipinski definition) is 17. The van der Waals surface area contributed by atoms with Crippen LogP contribution in [0.2, 0.25) is 0 Å². The van der Waals surface area contributed by atoms with E-state index in [4.69, 9.17) is 23.9 Å². The summed E-state index contributed by atoms with van der Waals surface area (Å²) in [6, 6.07) is 20.1. The van der Waals surface area contributed by atoms with Crippen LogP contribution >= 0.6 is 22.7 Å². The molecule has 20 nitrogen and oxygen atoms in total. The van der Waals surface area contributed by atoms with Gasteiger partial charge in [-0.2, -0.15) is 5.26 Å². The van der Waals surface area contributed by atoms with Crippen LogP contribution in [0.4, 0.5) is 5.69 Å². The highest BCUT2D eigenvalue weighted by Gasteiger charge is 2.45. The van der Waals surface area contributed by atoms with E-state index >= 15 is 0 Å². The summed E-state index contributed by atoms with van der Waals surface area (Å²) in [4.78, 5) is 79.3. The van der Waals surface area contributed by atoms with E-state index in [1.165, 1.54) is 12.0 Å². The van der Waals surface area contributed by atoms with Gasteiger partial charge in [0.1, 0.15) is 48.2 Å². The van der Waals surface area contributed by atoms with Gasteiger partial charge in [-0.15, -0.1) is 32.9 Å². The smallest absolute Gasteiger partial charge is 0.308 e. The van der Waals surface area contributed by atoms with Crippen LogP contribution in [-0.4, -0.2) is 137 Å². The number of nitriles is 1. The number of β-amino-alcohol motifs (C(OH)–C–C–N with tert-alkyl or cyclic N) is 1. The van der Waals surface area contributed by atoms with Gasteiger partial charge in [0.05, 0.1) is 85.1 Å². The predicted molar refractivity (Wildman–Crippen MR) is 302 cm³/mol. The molecule has 5 heterocycles. The zero-order valence-corrected chi connectivity index (χ0v) is 47.9. The summed E-state index contributed by atoms with van der Waals surface area (Å²) in [6.07, 6.45) is -0.861. The first kappa shape index (κ1) is 58.6. The predicted octanol–water partition coefficient (Wildman–Crippen LogP) is 7.04. The highest BCUT2D eigenvalue weighted by Crippen LogP contribution is 2.40. The molecule has 0 saturated carbocycles. The summed E-state index contributed by atoms with van der Waals surface area (Å²) in [5.41, 5.74) is 9.65. The Morgan fingerprint density at radius 1 is 0.850 bits per heavy atom. The van der Waals surface area contributed by atoms with Crippen LogP contribution in [0.5, 0.6) is 0 Å². The summed E-state index contributed by atoms with van der Waals surface area (Å²) in [5.74, 6) is -1.05. The van der Waals surface area contributed by atoms with E-state index in [1.807, 2.05) is 79.9 Å². The van der Waals surface area contributed by atoms with E-state index in [-0.39, 0.29) is 70.6 Å². The van der Waals surface area contributed by atoms with Crippen molar-refractivity contribution in [1.29, 1.82) is 5.26 Å². The van der Waals surface area contributed by atoms with Gasteiger partial charge < -0.3 is 44.9 Å². The number of nitrogens with one attached hydrogen (secondary N) is 3. The number of likely N-dealkylation sites (tertiary alicyclic amines) is 1. The maximum absolute atomic E-state index is 14.1. The number of ether oxygens (including phenoxy) is 4. The van der Waals surface area contributed by atoms with Gasteiger partial charge in [0.15, 0.2) is 5.82 Å². The molecule has 5 atom stereocenters. The van der Waals surface area contributed by atoms with Crippen molar-refractivity contribution in [3.8, 4) is 32.6 Å². The van der Waals surface area contributed by atoms with E-state index < -0.39 is 59.2 Å². The quantitative estimate of drug-likeness (QED) is 0.0416. The van der Waals surface area contributed by atoms with Crippen molar-refractivity contribution in [1.82, 2.24) is 35.3 Å². The average molecular weight is 1130 g/mol. The molecule has 0 spiro atoms. The van der Waals surface area contributed by atoms with Crippen LogP contribution in [0.15, 0.2) is 77.2 Å². The molecule has 0 radical (unpaired) electrons. The van der Waals surface area contributed by atoms with Gasteiger partial charge in [-0.05, 0) is 80.0 Å². The molecule has 1 fully saturated rings. The molecular formula is C58H66N10O10S2. The topological polar surface area (TPSA) is 262 Å². The third-order valence-electron chi connectivity index (χ3n) is 14.0. The molecule has 8 rings (SSSR count). The molecular weight excluding hydrogens is 1060 g/mol. The Balaban J connectivity index is 0.760. The monoisotopic (exact) mass is 1130 g/mol. The summed E-state index contributed by atoms with van der Waals surface area (Å²) in [5, 5.41) is 38.9. The first-order valence-electron chi connectivity index (χ1n) is 26.2. The number of aryl methyl sites for hydroxylation is 3. The van der Waals surface area contributed by atoms with Crippen molar-refractivity contribution in [2.75, 3.05) is 58.6 Å². The minimum atomic E-state index is -1.02. The number of aliphatic imine (C=N–C) groups is 1. The maximum Gasteiger partial charge on any atom is 0.308 e. The van der Waals surface area contributed by atoms with E-state index in [0.717, 1.165) is 65.1 Å². The highest BCUT2D eigenvalue weighted by molar-refractivity contribution is 7.15. The Bertz CT molecular complexity index is 3320. The Morgan fingerprint density at radius 3 is 2.15 bits per heavy atom. The van der Waals surface area contributed by atoms with Gasteiger partial charge >= 0.3 is 5.97 Å². The first-order valence-corrected chi connectivity index (χ1v) is 27.9. The van der Waals surface area contributed by atoms with Gasteiger partial charge in [0, 0.05) is 29.0 Å². The number of amides is 4. The van der Waals surface area contributed by atoms with Crippen LogP contribution in [0.3, 0.4) is 0 Å². The molecule has 3 aromatic carbocycles. The third-order valence-corrected chi connectivity index (χ3v) is 16.2. The van der Waals surface area contributed by atoms with Crippen molar-refractivity contribution < 1.29 is 48.0 Å². The van der Waals surface area contributed by atoms with Crippen molar-refractivity contribution >= 4 is 63.7 Å². The summed E-state index contributed by atoms with van der Waals surface area (Å²) in [7, 11) is 1.35. The summed E-state index contributed by atoms with van der Waals surface area (Å²) < 4.78 is 23.6. The van der Waals surface area contributed by atoms with Crippen LogP contribution in [-0.2, 0) is 42.9 Å². The molecule has 2 aliphatic heterocycles. The molecule has 4 N–H and O–H groups in total. The van der Waals surface area contributed by atoms with Gasteiger partial charge in [0.25, 0.3) is 0 Å². The number of methoxy groups -OCH3 is 1. The number of aliphatic hydroxyl groups excluding tert-OH is 1. The SMILES string of the molecule is COC(=O)C[C@@H]1N=C(c2ccc(-c3ccc(NC(=O)COCCOCCOCC(=O)NC(C(=O)N4C[C@H](O)C[C@H]4C(=O)N[C@@H](C)c4ccc(-c5scnc5C)cc4)C(C)(C)C)c(C#N)c3)cc2)c2c(sc(C)c2C)-n2c(C)nnc21. The molecule has 4 amide bonds. The molecule has 1 unspecified atom stereocenters. The Labute approximate surface area is 472 Å². The average Bonchev–Trinajstić information content (AvgIpc) is 4.31. The minimum Gasteiger partial charge on any atom is -0.469 e. The standard InChI is InChI=1S/C58H66N10O10S2/c1-32-35(4)80-57-50(32)51(63-45(26-49(72)75-9)54-66-65-36(5)68(54)57)39-14-12-38(13-15-39)41-18-19-44(42(24-41)27-59)62-47(70)29-77-22-20-76-21-23-78-30-48(71)64-53(58(6,7)8)56(74)67-28-43(69)25-46(67)55(73)61-33(2)37-10-16-40(17-11-37)52-34(3)60-31-79-52/h10-19,24,31,33,43,45-46,53,69H,20-23,25-26,28-30H2,1-9H3,(H,61,73)(H,62,70)(H,64,71)/t33-,43+,45-,46-,53?/m0/s1. The normalized spacial score (nSPS) is 16.6. The molecule has 420 valence electrons. The van der Waals surface area contributed by atoms with Crippen LogP contribution in [0, 0.1) is 44.4 Å². The van der Waals surface area contributed by atoms with Crippen LogP contribution in [0.25, 0.3) is 26.6 Å². The lowest BCUT2D eigenvalue weighted by atomic mass is 9.85. The lowest BCUT2D eigenvalue weighted by Crippen LogP contribution is -2.58. The number of thiazole rings is 1. The van der Waals surface area contributed by atoms with Gasteiger partial charge in [-0.3, -0.25) is 33.5 Å². The number of anilines is 1. The first-order chi connectivity index (χ1) is 38.3. The number of thiophene rings is 1. The van der Waals surface area contributed by atoms with E-state index in [0.29, 0.717) is 17.3 Å². The maximum atomic E-state index is 14.1. The second kappa shape index (κ2) is 25.7. The largest absolute Gasteiger partial charge is 0.469 e. The number of nitrogens with zero attached hydrogens (tertiary/aromatic N) is 7. The lowest BCUT2D eigenvalue weighted by molar-refractivity contribution is -0.144. The molecule has 2 aliphatic rings. The van der Waals surface area contributed by atoms with Gasteiger partial charge in [-0.1, -0.05) is 75.4 Å². The Hall–Kier alpha value is -7.52. The fourth-order valence-electron chi connectivity index (χ4n) is 9.58. The fourth-order valence-corrected chi connectivity index (χ4v) is 11.6. The van der Waals surface area contributed by atoms with Crippen molar-refractivity contribution in [2.24, 2.45) is 10.4 Å². The second-order valence-electron chi connectivity index (χ2n) is 20.8. The second-order valence-corrected chi connectivity index (χ2v) is 22.8. The number of aliphatic hydroxyl groups is 1. The third kappa shape index (κ3) is 13.5. The molecule has 3 aromatic heterocycles. The fraction of sp³-hybridized carbons (Fsp3) is 0.414. The number of rotatable bonds is 21. The molecule has 80 heavy (non-hydrogen) atoms. The lowest BCUT2D eigenvalue weighted by Gasteiger charge is -2.35. The number of hydrogen-bond donors (Lipinski definition) is 4. The number of carbonyl (C=O) groups excluding carboxylic acids is 5. The number of benzene rings is 3. The Kier molecular flexibility index (Phi) is 18.9. The zero-order valence-electron chi connectivity index (χ0n) is 46.2. The molecule has 6 aromatic rings.